The highest BCUT2D eigenvalue weighted by atomic mass is 13.9. The van der Waals surface area contributed by atoms with Crippen molar-refractivity contribution in [3.05, 3.63) is 108 Å². The van der Waals surface area contributed by atoms with Crippen LogP contribution in [-0.2, 0) is 12.8 Å². The van der Waals surface area contributed by atoms with E-state index >= 15 is 0 Å². The Bertz CT molecular complexity index is 543. The van der Waals surface area contributed by atoms with E-state index in [9.17, 15) is 0 Å². The maximum Gasteiger partial charge on any atom is -0.0281 e. The van der Waals surface area contributed by atoms with Crippen LogP contribution in [0.15, 0.2) is 97.1 Å². The quantitative estimate of drug-likeness (QED) is 0.513. The summed E-state index contributed by atoms with van der Waals surface area (Å²) >= 11 is 0. The predicted octanol–water partition coefficient (Wildman–Crippen LogP) is 6.57. The van der Waals surface area contributed by atoms with Crippen molar-refractivity contribution in [3.63, 3.8) is 0 Å². The Labute approximate surface area is 141 Å². The third-order valence-electron chi connectivity index (χ3n) is 3.30. The normalized spacial score (nSPS) is 8.96. The van der Waals surface area contributed by atoms with Gasteiger partial charge in [0.15, 0.2) is 0 Å². The molecule has 23 heavy (non-hydrogen) atoms. The summed E-state index contributed by atoms with van der Waals surface area (Å²) in [7, 11) is 0. The molecule has 0 heteroatoms. The van der Waals surface area contributed by atoms with E-state index in [-0.39, 0.29) is 0 Å². The summed E-state index contributed by atoms with van der Waals surface area (Å²) in [5, 5.41) is 0. The Kier molecular flexibility index (Phi) is 10.8. The van der Waals surface area contributed by atoms with Crippen LogP contribution < -0.4 is 0 Å². The predicted molar refractivity (Wildman–Crippen MR) is 103 cm³/mol. The molecule has 0 spiro atoms. The van der Waals surface area contributed by atoms with E-state index in [1.165, 1.54) is 24.0 Å². The average molecular weight is 304 g/mol. The Morgan fingerprint density at radius 2 is 0.826 bits per heavy atom. The zero-order valence-corrected chi connectivity index (χ0v) is 14.4. The Balaban J connectivity index is 0.000000176. The van der Waals surface area contributed by atoms with E-state index < -0.39 is 0 Å². The molecule has 0 bridgehead atoms. The molecule has 0 atom stereocenters. The lowest BCUT2D eigenvalue weighted by atomic mass is 10.1. The van der Waals surface area contributed by atoms with Crippen molar-refractivity contribution < 1.29 is 0 Å². The first-order chi connectivity index (χ1) is 11.4. The molecule has 3 rings (SSSR count). The van der Waals surface area contributed by atoms with Crippen molar-refractivity contribution >= 4 is 0 Å². The van der Waals surface area contributed by atoms with Crippen molar-refractivity contribution in [2.75, 3.05) is 0 Å². The van der Waals surface area contributed by atoms with Crippen LogP contribution >= 0.6 is 0 Å². The molecule has 0 aliphatic rings. The van der Waals surface area contributed by atoms with Gasteiger partial charge < -0.3 is 0 Å². The van der Waals surface area contributed by atoms with Crippen LogP contribution in [0.25, 0.3) is 0 Å². The number of hydrogen-bond donors (Lipinski definition) is 0. The second-order valence-corrected chi connectivity index (χ2v) is 5.23. The fourth-order valence-electron chi connectivity index (χ4n) is 2.03. The van der Waals surface area contributed by atoms with Crippen molar-refractivity contribution in [1.29, 1.82) is 0 Å². The van der Waals surface area contributed by atoms with Crippen molar-refractivity contribution in [3.8, 4) is 0 Å². The van der Waals surface area contributed by atoms with E-state index in [0.29, 0.717) is 0 Å². The standard InChI is InChI=1S/C9H12.C8H10.C6H6/c1-2-6-9-7-4-3-5-8-9;1-2-8-6-4-3-5-7-8;1-2-4-6-5-3-1/h3-5,7-8H,2,6H2,1H3;3-7H,2H2,1H3;1-6H. The molecule has 0 aliphatic heterocycles. The number of benzene rings is 3. The molecule has 0 saturated heterocycles. The van der Waals surface area contributed by atoms with Gasteiger partial charge in [-0.15, -0.1) is 0 Å². The van der Waals surface area contributed by atoms with Gasteiger partial charge in [0.1, 0.15) is 0 Å². The van der Waals surface area contributed by atoms with E-state index in [0.717, 1.165) is 6.42 Å². The molecule has 0 amide bonds. The largest absolute Gasteiger partial charge is 0.0651 e. The van der Waals surface area contributed by atoms with Gasteiger partial charge in [-0.3, -0.25) is 0 Å². The minimum absolute atomic E-state index is 1.14. The lowest BCUT2D eigenvalue weighted by Gasteiger charge is -1.93. The van der Waals surface area contributed by atoms with Crippen LogP contribution in [0.1, 0.15) is 31.4 Å². The topological polar surface area (TPSA) is 0 Å². The molecule has 0 aromatic heterocycles. The van der Waals surface area contributed by atoms with Gasteiger partial charge >= 0.3 is 0 Å². The van der Waals surface area contributed by atoms with Crippen LogP contribution in [0, 0.1) is 0 Å². The summed E-state index contributed by atoms with van der Waals surface area (Å²) in [6, 6.07) is 33.0. The third-order valence-corrected chi connectivity index (χ3v) is 3.30. The molecule has 0 N–H and O–H groups in total. The summed E-state index contributed by atoms with van der Waals surface area (Å²) in [5.41, 5.74) is 2.85. The second kappa shape index (κ2) is 13.3. The number of hydrogen-bond acceptors (Lipinski definition) is 0. The van der Waals surface area contributed by atoms with Gasteiger partial charge in [-0.25, -0.2) is 0 Å². The van der Waals surface area contributed by atoms with Crippen LogP contribution in [-0.4, -0.2) is 0 Å². The van der Waals surface area contributed by atoms with Gasteiger partial charge in [0, 0.05) is 0 Å². The monoisotopic (exact) mass is 304 g/mol. The Hall–Kier alpha value is -2.34. The lowest BCUT2D eigenvalue weighted by molar-refractivity contribution is 0.922. The Morgan fingerprint density at radius 3 is 1.13 bits per heavy atom. The zero-order chi connectivity index (χ0) is 16.6. The first-order valence-corrected chi connectivity index (χ1v) is 8.44. The minimum atomic E-state index is 1.14. The van der Waals surface area contributed by atoms with E-state index in [4.69, 9.17) is 0 Å². The lowest BCUT2D eigenvalue weighted by Crippen LogP contribution is -1.78. The molecule has 0 saturated carbocycles. The maximum atomic E-state index is 2.20. The van der Waals surface area contributed by atoms with Crippen LogP contribution in [0.2, 0.25) is 0 Å². The molecule has 0 radical (unpaired) electrons. The molecular weight excluding hydrogens is 276 g/mol. The smallest absolute Gasteiger partial charge is 0.0281 e. The van der Waals surface area contributed by atoms with Gasteiger partial charge in [0.05, 0.1) is 0 Å². The van der Waals surface area contributed by atoms with Crippen molar-refractivity contribution in [2.24, 2.45) is 0 Å². The summed E-state index contributed by atoms with van der Waals surface area (Å²) < 4.78 is 0. The molecule has 0 unspecified atom stereocenters. The van der Waals surface area contributed by atoms with Crippen molar-refractivity contribution in [1.82, 2.24) is 0 Å². The SMILES string of the molecule is CCCc1ccccc1.CCc1ccccc1.c1ccccc1. The summed E-state index contributed by atoms with van der Waals surface area (Å²) in [6.07, 6.45) is 3.59. The van der Waals surface area contributed by atoms with Crippen LogP contribution in [0.5, 0.6) is 0 Å². The molecule has 0 heterocycles. The third kappa shape index (κ3) is 10.1. The van der Waals surface area contributed by atoms with Gasteiger partial charge in [0.25, 0.3) is 0 Å². The zero-order valence-electron chi connectivity index (χ0n) is 14.4. The van der Waals surface area contributed by atoms with Gasteiger partial charge in [-0.2, -0.15) is 0 Å². The van der Waals surface area contributed by atoms with Gasteiger partial charge in [-0.1, -0.05) is 117 Å². The molecule has 3 aromatic carbocycles. The molecule has 0 fully saturated rings. The van der Waals surface area contributed by atoms with E-state index in [1.807, 2.05) is 42.5 Å². The summed E-state index contributed by atoms with van der Waals surface area (Å²) in [4.78, 5) is 0. The first-order valence-electron chi connectivity index (χ1n) is 8.44. The maximum absolute atomic E-state index is 2.20. The molecule has 3 aromatic rings. The first kappa shape index (κ1) is 18.7. The van der Waals surface area contributed by atoms with Gasteiger partial charge in [0.2, 0.25) is 0 Å². The molecule has 0 aliphatic carbocycles. The molecule has 0 nitrogen and oxygen atoms in total. The highest BCUT2D eigenvalue weighted by Crippen LogP contribution is 2.00. The fraction of sp³-hybridized carbons (Fsp3) is 0.217. The van der Waals surface area contributed by atoms with E-state index in [1.54, 1.807) is 0 Å². The fourth-order valence-corrected chi connectivity index (χ4v) is 2.03. The second-order valence-electron chi connectivity index (χ2n) is 5.23. The summed E-state index contributed by atoms with van der Waals surface area (Å²) in [5.74, 6) is 0. The number of rotatable bonds is 3. The average Bonchev–Trinajstić information content (AvgIpc) is 2.66. The van der Waals surface area contributed by atoms with Gasteiger partial charge in [-0.05, 0) is 24.0 Å². The highest BCUT2D eigenvalue weighted by molar-refractivity contribution is 5.14. The highest BCUT2D eigenvalue weighted by Gasteiger charge is 1.84. The minimum Gasteiger partial charge on any atom is -0.0651 e. The number of aryl methyl sites for hydroxylation is 2. The van der Waals surface area contributed by atoms with Crippen molar-refractivity contribution in [2.45, 2.75) is 33.1 Å². The molecule has 120 valence electrons. The van der Waals surface area contributed by atoms with Crippen LogP contribution in [0.4, 0.5) is 0 Å². The Morgan fingerprint density at radius 1 is 0.478 bits per heavy atom. The summed E-state index contributed by atoms with van der Waals surface area (Å²) in [6.45, 7) is 4.36. The molecular formula is C23H28. The van der Waals surface area contributed by atoms with E-state index in [2.05, 4.69) is 68.4 Å². The van der Waals surface area contributed by atoms with Crippen LogP contribution in [0.3, 0.4) is 0 Å².